The van der Waals surface area contributed by atoms with Crippen LogP contribution in [0.3, 0.4) is 0 Å². The Morgan fingerprint density at radius 1 is 1.06 bits per heavy atom. The molecule has 35 heavy (non-hydrogen) atoms. The molecule has 1 heterocycles. The first-order valence-electron chi connectivity index (χ1n) is 10.7. The quantitative estimate of drug-likeness (QED) is 0.142. The van der Waals surface area contributed by atoms with Crippen LogP contribution in [-0.2, 0) is 11.3 Å². The highest BCUT2D eigenvalue weighted by Gasteiger charge is 2.35. The van der Waals surface area contributed by atoms with Gasteiger partial charge in [0.15, 0.2) is 11.5 Å². The molecule has 4 rings (SSSR count). The third kappa shape index (κ3) is 5.59. The largest absolute Gasteiger partial charge is 0.493 e. The predicted molar refractivity (Wildman–Crippen MR) is 145 cm³/mol. The first-order chi connectivity index (χ1) is 16.8. The van der Waals surface area contributed by atoms with Gasteiger partial charge in [0.2, 0.25) is 0 Å². The number of carbonyl (C=O) groups is 3. The Morgan fingerprint density at radius 2 is 1.77 bits per heavy atom. The summed E-state index contributed by atoms with van der Waals surface area (Å²) >= 11 is 2.96. The molecule has 1 aliphatic rings. The topological polar surface area (TPSA) is 72.9 Å². The van der Waals surface area contributed by atoms with Crippen molar-refractivity contribution in [3.8, 4) is 11.5 Å². The molecule has 0 spiro atoms. The predicted octanol–water partition coefficient (Wildman–Crippen LogP) is 6.37. The van der Waals surface area contributed by atoms with Gasteiger partial charge in [-0.3, -0.25) is 14.5 Å². The van der Waals surface area contributed by atoms with Crippen LogP contribution in [-0.4, -0.2) is 29.1 Å². The van der Waals surface area contributed by atoms with Crippen molar-refractivity contribution in [1.82, 2.24) is 4.90 Å². The summed E-state index contributed by atoms with van der Waals surface area (Å²) in [5.41, 5.74) is 4.07. The molecule has 0 aromatic heterocycles. The van der Waals surface area contributed by atoms with E-state index >= 15 is 0 Å². The van der Waals surface area contributed by atoms with E-state index < -0.39 is 5.97 Å². The van der Waals surface area contributed by atoms with E-state index in [1.165, 1.54) is 12.0 Å². The van der Waals surface area contributed by atoms with Crippen LogP contribution >= 0.6 is 34.4 Å². The summed E-state index contributed by atoms with van der Waals surface area (Å²) in [4.78, 5) is 39.7. The van der Waals surface area contributed by atoms with Crippen molar-refractivity contribution in [3.05, 3.63) is 97.0 Å². The number of imide groups is 1. The maximum Gasteiger partial charge on any atom is 0.343 e. The van der Waals surface area contributed by atoms with Crippen LogP contribution in [0, 0.1) is 17.4 Å². The molecule has 0 saturated carbocycles. The molecule has 1 aliphatic heterocycles. The number of hydrogen-bond acceptors (Lipinski definition) is 6. The number of halogens is 1. The van der Waals surface area contributed by atoms with Crippen molar-refractivity contribution in [2.24, 2.45) is 0 Å². The summed E-state index contributed by atoms with van der Waals surface area (Å²) in [6.07, 6.45) is 1.65. The van der Waals surface area contributed by atoms with Gasteiger partial charge in [-0.2, -0.15) is 0 Å². The number of thioether (sulfide) groups is 1. The third-order valence-corrected chi connectivity index (χ3v) is 7.20. The number of nitrogens with zero attached hydrogens (tertiary/aromatic N) is 1. The Hall–Kier alpha value is -3.11. The number of ether oxygens (including phenoxy) is 2. The Bertz CT molecular complexity index is 1350. The van der Waals surface area contributed by atoms with Crippen LogP contribution in [0.5, 0.6) is 11.5 Å². The van der Waals surface area contributed by atoms with E-state index in [0.717, 1.165) is 28.5 Å². The second-order valence-electron chi connectivity index (χ2n) is 7.98. The molecule has 0 radical (unpaired) electrons. The molecule has 6 nitrogen and oxygen atoms in total. The normalized spacial score (nSPS) is 14.5. The molecule has 1 saturated heterocycles. The second-order valence-corrected chi connectivity index (χ2v) is 10.1. The molecule has 2 amide bonds. The number of rotatable bonds is 6. The highest BCUT2D eigenvalue weighted by Crippen LogP contribution is 2.38. The van der Waals surface area contributed by atoms with Gasteiger partial charge in [0, 0.05) is 0 Å². The highest BCUT2D eigenvalue weighted by atomic mass is 127. The fourth-order valence-corrected chi connectivity index (χ4v) is 5.08. The minimum atomic E-state index is -0.494. The number of esters is 1. The molecule has 178 valence electrons. The van der Waals surface area contributed by atoms with Gasteiger partial charge in [0.05, 0.1) is 27.7 Å². The Balaban J connectivity index is 1.57. The number of benzene rings is 3. The monoisotopic (exact) mass is 599 g/mol. The zero-order valence-corrected chi connectivity index (χ0v) is 22.3. The van der Waals surface area contributed by atoms with Crippen molar-refractivity contribution in [2.45, 2.75) is 20.4 Å². The zero-order chi connectivity index (χ0) is 25.1. The maximum atomic E-state index is 13.0. The summed E-state index contributed by atoms with van der Waals surface area (Å²) in [5, 5.41) is -0.310. The van der Waals surface area contributed by atoms with Crippen molar-refractivity contribution < 1.29 is 23.9 Å². The maximum absolute atomic E-state index is 13.0. The van der Waals surface area contributed by atoms with E-state index in [9.17, 15) is 14.4 Å². The lowest BCUT2D eigenvalue weighted by Crippen LogP contribution is -2.27. The van der Waals surface area contributed by atoms with Crippen LogP contribution in [0.4, 0.5) is 4.79 Å². The molecule has 1 fully saturated rings. The van der Waals surface area contributed by atoms with E-state index in [0.29, 0.717) is 31.1 Å². The summed E-state index contributed by atoms with van der Waals surface area (Å²) < 4.78 is 11.7. The summed E-state index contributed by atoms with van der Waals surface area (Å²) in [7, 11) is 1.48. The van der Waals surface area contributed by atoms with E-state index in [4.69, 9.17) is 9.47 Å². The average molecular weight is 599 g/mol. The molecule has 0 aliphatic carbocycles. The van der Waals surface area contributed by atoms with Gasteiger partial charge in [-0.1, -0.05) is 42.0 Å². The molecule has 3 aromatic rings. The lowest BCUT2D eigenvalue weighted by Gasteiger charge is -2.14. The molecule has 0 unspecified atom stereocenters. The van der Waals surface area contributed by atoms with Gasteiger partial charge in [-0.25, -0.2) is 4.79 Å². The van der Waals surface area contributed by atoms with Crippen molar-refractivity contribution in [2.75, 3.05) is 7.11 Å². The fourth-order valence-electron chi connectivity index (χ4n) is 3.51. The molecule has 8 heteroatoms. The number of aryl methyl sites for hydroxylation is 2. The Labute approximate surface area is 221 Å². The lowest BCUT2D eigenvalue weighted by atomic mass is 10.1. The van der Waals surface area contributed by atoms with Gasteiger partial charge in [0.25, 0.3) is 11.1 Å². The Morgan fingerprint density at radius 3 is 2.46 bits per heavy atom. The van der Waals surface area contributed by atoms with Crippen LogP contribution < -0.4 is 9.47 Å². The Kier molecular flexibility index (Phi) is 7.61. The van der Waals surface area contributed by atoms with Crippen molar-refractivity contribution in [1.29, 1.82) is 0 Å². The van der Waals surface area contributed by atoms with Crippen molar-refractivity contribution >= 4 is 57.5 Å². The van der Waals surface area contributed by atoms with Gasteiger partial charge in [-0.15, -0.1) is 0 Å². The summed E-state index contributed by atoms with van der Waals surface area (Å²) in [6, 6.07) is 18.2. The smallest absolute Gasteiger partial charge is 0.343 e. The molecule has 0 bridgehead atoms. The number of hydrogen-bond donors (Lipinski definition) is 0. The third-order valence-electron chi connectivity index (χ3n) is 5.49. The first-order valence-corrected chi connectivity index (χ1v) is 12.6. The number of methoxy groups -OCH3 is 1. The number of amides is 2. The average Bonchev–Trinajstić information content (AvgIpc) is 3.09. The number of carbonyl (C=O) groups excluding carboxylic acids is 3. The van der Waals surface area contributed by atoms with E-state index in [-0.39, 0.29) is 17.7 Å². The minimum Gasteiger partial charge on any atom is -0.493 e. The van der Waals surface area contributed by atoms with Crippen LogP contribution in [0.25, 0.3) is 6.08 Å². The van der Waals surface area contributed by atoms with E-state index in [1.807, 2.05) is 50.2 Å². The standard InChI is InChI=1S/C27H22INO5S/c1-16-8-10-19(11-9-16)26(31)34-24-21(28)12-18(13-22(24)33-3)14-23-25(30)29(27(32)35-23)15-20-7-5-4-6-17(20)2/h4-14H,15H2,1-3H3/b23-14-. The van der Waals surface area contributed by atoms with Crippen LogP contribution in [0.2, 0.25) is 0 Å². The fraction of sp³-hybridized carbons (Fsp3) is 0.148. The van der Waals surface area contributed by atoms with Gasteiger partial charge < -0.3 is 9.47 Å². The first kappa shape index (κ1) is 25.0. The summed E-state index contributed by atoms with van der Waals surface area (Å²) in [5.74, 6) is -0.190. The van der Waals surface area contributed by atoms with Crippen molar-refractivity contribution in [3.63, 3.8) is 0 Å². The molecular weight excluding hydrogens is 577 g/mol. The van der Waals surface area contributed by atoms with E-state index in [1.54, 1.807) is 30.3 Å². The molecule has 0 N–H and O–H groups in total. The SMILES string of the molecule is COc1cc(/C=C2\SC(=O)N(Cc3ccccc3C)C2=O)cc(I)c1OC(=O)c1ccc(C)cc1. The molecule has 0 atom stereocenters. The molecule has 3 aromatic carbocycles. The minimum absolute atomic E-state index is 0.226. The molecular formula is C27H22INO5S. The van der Waals surface area contributed by atoms with E-state index in [2.05, 4.69) is 22.6 Å². The van der Waals surface area contributed by atoms with Crippen LogP contribution in [0.1, 0.15) is 32.6 Å². The second kappa shape index (κ2) is 10.7. The summed E-state index contributed by atoms with van der Waals surface area (Å²) in [6.45, 7) is 4.12. The van der Waals surface area contributed by atoms with Gasteiger partial charge in [-0.05, 0) is 95.2 Å². The van der Waals surface area contributed by atoms with Gasteiger partial charge in [0.1, 0.15) is 0 Å². The van der Waals surface area contributed by atoms with Crippen LogP contribution in [0.15, 0.2) is 65.6 Å². The highest BCUT2D eigenvalue weighted by molar-refractivity contribution is 14.1. The van der Waals surface area contributed by atoms with Gasteiger partial charge >= 0.3 is 5.97 Å². The zero-order valence-electron chi connectivity index (χ0n) is 19.3. The lowest BCUT2D eigenvalue weighted by molar-refractivity contribution is -0.123.